The van der Waals surface area contributed by atoms with Crippen LogP contribution in [0.5, 0.6) is 11.5 Å². The third-order valence-electron chi connectivity index (χ3n) is 7.20. The monoisotopic (exact) mass is 639 g/mol. The molecule has 1 saturated heterocycles. The minimum absolute atomic E-state index is 0.00353. The zero-order chi connectivity index (χ0) is 30.4. The number of hydrogen-bond acceptors (Lipinski definition) is 7. The maximum Gasteiger partial charge on any atom is 0.262 e. The van der Waals surface area contributed by atoms with Crippen LogP contribution in [-0.4, -0.2) is 63.0 Å². The normalized spacial score (nSPS) is 14.6. The summed E-state index contributed by atoms with van der Waals surface area (Å²) in [6, 6.07) is 21.3. The first-order valence-corrected chi connectivity index (χ1v) is 16.0. The number of nitrogens with zero attached hydrogens (tertiary/aromatic N) is 3. The van der Waals surface area contributed by atoms with Crippen molar-refractivity contribution in [2.45, 2.75) is 17.9 Å². The largest absolute Gasteiger partial charge is 0.454 e. The van der Waals surface area contributed by atoms with Crippen LogP contribution in [0.25, 0.3) is 0 Å². The van der Waals surface area contributed by atoms with Gasteiger partial charge in [0.05, 0.1) is 15.6 Å². The Balaban J connectivity index is 1.16. The van der Waals surface area contributed by atoms with Crippen LogP contribution in [0, 0.1) is 0 Å². The summed E-state index contributed by atoms with van der Waals surface area (Å²) < 4.78 is 34.8. The molecule has 1 aromatic heterocycles. The lowest BCUT2D eigenvalue weighted by molar-refractivity contribution is 0.0934. The first-order chi connectivity index (χ1) is 20.7. The second-order valence-corrected chi connectivity index (χ2v) is 12.6. The van der Waals surface area contributed by atoms with Gasteiger partial charge in [0, 0.05) is 67.4 Å². The number of para-hydroxylation sites is 2. The molecule has 3 aromatic carbocycles. The number of amides is 1. The highest BCUT2D eigenvalue weighted by Gasteiger charge is 2.22. The number of piperazine rings is 1. The Bertz CT molecular complexity index is 1670. The minimum atomic E-state index is -3.98. The summed E-state index contributed by atoms with van der Waals surface area (Å²) in [5.41, 5.74) is 1.76. The molecule has 1 unspecified atom stereocenters. The van der Waals surface area contributed by atoms with Crippen LogP contribution in [-0.2, 0) is 10.0 Å². The van der Waals surface area contributed by atoms with Crippen molar-refractivity contribution in [3.8, 4) is 11.5 Å². The molecule has 9 nitrogen and oxygen atoms in total. The zero-order valence-corrected chi connectivity index (χ0v) is 25.7. The van der Waals surface area contributed by atoms with Gasteiger partial charge in [0.25, 0.3) is 15.9 Å². The van der Waals surface area contributed by atoms with Gasteiger partial charge in [0.15, 0.2) is 5.75 Å². The molecular weight excluding hydrogens is 609 g/mol. The lowest BCUT2D eigenvalue weighted by atomic mass is 10.2. The molecule has 43 heavy (non-hydrogen) atoms. The molecule has 12 heteroatoms. The zero-order valence-electron chi connectivity index (χ0n) is 23.4. The topological polar surface area (TPSA) is 104 Å². The third-order valence-corrected chi connectivity index (χ3v) is 9.11. The minimum Gasteiger partial charge on any atom is -0.454 e. The van der Waals surface area contributed by atoms with Gasteiger partial charge in [-0.25, -0.2) is 8.42 Å². The molecule has 2 N–H and O–H groups in total. The van der Waals surface area contributed by atoms with Crippen molar-refractivity contribution in [2.75, 3.05) is 42.3 Å². The molecule has 1 atom stereocenters. The summed E-state index contributed by atoms with van der Waals surface area (Å²) >= 11 is 12.2. The summed E-state index contributed by atoms with van der Waals surface area (Å²) in [6.07, 6.45) is 3.60. The van der Waals surface area contributed by atoms with Gasteiger partial charge < -0.3 is 15.0 Å². The van der Waals surface area contributed by atoms with E-state index in [1.807, 2.05) is 12.1 Å². The number of hydrogen-bond donors (Lipinski definition) is 2. The summed E-state index contributed by atoms with van der Waals surface area (Å²) in [5.74, 6) is 0.326. The van der Waals surface area contributed by atoms with E-state index in [0.29, 0.717) is 22.9 Å². The van der Waals surface area contributed by atoms with Crippen LogP contribution in [0.3, 0.4) is 0 Å². The van der Waals surface area contributed by atoms with Gasteiger partial charge in [-0.1, -0.05) is 35.3 Å². The number of halogens is 2. The number of sulfonamides is 1. The molecule has 0 bridgehead atoms. The van der Waals surface area contributed by atoms with E-state index in [2.05, 4.69) is 31.7 Å². The Labute approximate surface area is 261 Å². The van der Waals surface area contributed by atoms with Crippen LogP contribution in [0.4, 0.5) is 11.4 Å². The molecule has 5 rings (SSSR count). The number of carbonyl (C=O) groups is 1. The number of anilines is 2. The number of benzene rings is 3. The van der Waals surface area contributed by atoms with Gasteiger partial charge in [0.2, 0.25) is 0 Å². The van der Waals surface area contributed by atoms with Crippen molar-refractivity contribution in [1.82, 2.24) is 15.2 Å². The smallest absolute Gasteiger partial charge is 0.262 e. The van der Waals surface area contributed by atoms with Crippen LogP contribution in [0.1, 0.15) is 17.3 Å². The third kappa shape index (κ3) is 7.77. The van der Waals surface area contributed by atoms with Crippen molar-refractivity contribution >= 4 is 50.5 Å². The highest BCUT2D eigenvalue weighted by molar-refractivity contribution is 7.92. The molecule has 1 aliphatic heterocycles. The number of nitrogens with one attached hydrogen (secondary N) is 2. The molecule has 1 aliphatic rings. The molecular formula is C31H31Cl2N5O4S. The SMILES string of the molecule is CC(CNC(=O)c1ccc(S(=O)(=O)Nc2ccccc2Oc2ccc(Cl)cc2Cl)cc1)N1CCN(c2ccncc2)CC1. The second-order valence-electron chi connectivity index (χ2n) is 10.1. The molecule has 0 spiro atoms. The average molecular weight is 641 g/mol. The van der Waals surface area contributed by atoms with Gasteiger partial charge in [-0.05, 0) is 73.7 Å². The number of ether oxygens (including phenoxy) is 1. The Hall–Kier alpha value is -3.83. The number of carbonyl (C=O) groups excluding carboxylic acids is 1. The summed E-state index contributed by atoms with van der Waals surface area (Å²) in [7, 11) is -3.98. The lowest BCUT2D eigenvalue weighted by Crippen LogP contribution is -2.52. The van der Waals surface area contributed by atoms with E-state index in [1.165, 1.54) is 30.3 Å². The van der Waals surface area contributed by atoms with Gasteiger partial charge in [-0.3, -0.25) is 19.4 Å². The molecule has 1 amide bonds. The Morgan fingerprint density at radius 1 is 0.930 bits per heavy atom. The fourth-order valence-corrected chi connectivity index (χ4v) is 6.27. The number of pyridine rings is 1. The maximum absolute atomic E-state index is 13.2. The van der Waals surface area contributed by atoms with Crippen LogP contribution < -0.4 is 19.7 Å². The van der Waals surface area contributed by atoms with E-state index < -0.39 is 10.0 Å². The van der Waals surface area contributed by atoms with Gasteiger partial charge >= 0.3 is 0 Å². The van der Waals surface area contributed by atoms with Gasteiger partial charge in [-0.2, -0.15) is 0 Å². The van der Waals surface area contributed by atoms with Crippen molar-refractivity contribution < 1.29 is 17.9 Å². The Morgan fingerprint density at radius 2 is 1.63 bits per heavy atom. The molecule has 4 aromatic rings. The first-order valence-electron chi connectivity index (χ1n) is 13.7. The van der Waals surface area contributed by atoms with Crippen molar-refractivity contribution in [1.29, 1.82) is 0 Å². The highest BCUT2D eigenvalue weighted by Crippen LogP contribution is 2.35. The van der Waals surface area contributed by atoms with E-state index in [9.17, 15) is 13.2 Å². The second kappa shape index (κ2) is 13.6. The van der Waals surface area contributed by atoms with E-state index in [0.717, 1.165) is 31.9 Å². The predicted octanol–water partition coefficient (Wildman–Crippen LogP) is 5.92. The standard InChI is InChI=1S/C31H31Cl2N5O4S/c1-22(37-16-18-38(19-17-37)25-12-14-34-15-13-25)21-35-31(39)23-6-9-26(10-7-23)43(40,41)36-28-4-2-3-5-30(28)42-29-11-8-24(32)20-27(29)33/h2-15,20,22,36H,16-19,21H2,1H3,(H,35,39). The fraction of sp³-hybridized carbons (Fsp3) is 0.226. The van der Waals surface area contributed by atoms with E-state index in [4.69, 9.17) is 27.9 Å². The summed E-state index contributed by atoms with van der Waals surface area (Å²) in [5, 5.41) is 3.71. The first kappa shape index (κ1) is 30.6. The summed E-state index contributed by atoms with van der Waals surface area (Å²) in [4.78, 5) is 21.6. The predicted molar refractivity (Wildman–Crippen MR) is 170 cm³/mol. The Morgan fingerprint density at radius 3 is 2.33 bits per heavy atom. The van der Waals surface area contributed by atoms with E-state index in [-0.39, 0.29) is 33.3 Å². The van der Waals surface area contributed by atoms with Crippen LogP contribution >= 0.6 is 23.2 Å². The molecule has 0 aliphatic carbocycles. The molecule has 1 fully saturated rings. The highest BCUT2D eigenvalue weighted by atomic mass is 35.5. The maximum atomic E-state index is 13.2. The molecule has 0 radical (unpaired) electrons. The fourth-order valence-electron chi connectivity index (χ4n) is 4.75. The molecule has 224 valence electrons. The lowest BCUT2D eigenvalue weighted by Gasteiger charge is -2.39. The van der Waals surface area contributed by atoms with Gasteiger partial charge in [-0.15, -0.1) is 0 Å². The Kier molecular flexibility index (Phi) is 9.72. The van der Waals surface area contributed by atoms with Crippen molar-refractivity contribution in [2.24, 2.45) is 0 Å². The van der Waals surface area contributed by atoms with E-state index >= 15 is 0 Å². The van der Waals surface area contributed by atoms with Crippen LogP contribution in [0.2, 0.25) is 10.0 Å². The number of rotatable bonds is 10. The van der Waals surface area contributed by atoms with Crippen molar-refractivity contribution in [3.05, 3.63) is 107 Å². The van der Waals surface area contributed by atoms with Crippen LogP contribution in [0.15, 0.2) is 96.2 Å². The molecule has 0 saturated carbocycles. The molecule has 2 heterocycles. The number of aromatic nitrogens is 1. The van der Waals surface area contributed by atoms with Gasteiger partial charge in [0.1, 0.15) is 5.75 Å². The average Bonchev–Trinajstić information content (AvgIpc) is 3.02. The van der Waals surface area contributed by atoms with Crippen molar-refractivity contribution in [3.63, 3.8) is 0 Å². The van der Waals surface area contributed by atoms with E-state index in [1.54, 1.807) is 48.8 Å². The summed E-state index contributed by atoms with van der Waals surface area (Å²) in [6.45, 7) is 6.14. The quantitative estimate of drug-likeness (QED) is 0.222.